The highest BCUT2D eigenvalue weighted by Gasteiger charge is 2.15. The molecule has 0 aliphatic heterocycles. The van der Waals surface area contributed by atoms with Crippen molar-refractivity contribution in [3.63, 3.8) is 0 Å². The molecule has 1 aromatic carbocycles. The van der Waals surface area contributed by atoms with Crippen LogP contribution >= 0.6 is 0 Å². The minimum atomic E-state index is -0.931. The summed E-state index contributed by atoms with van der Waals surface area (Å²) in [5.74, 6) is -0.414. The zero-order chi connectivity index (χ0) is 14.4. The van der Waals surface area contributed by atoms with Gasteiger partial charge in [-0.25, -0.2) is 4.79 Å². The fourth-order valence-corrected chi connectivity index (χ4v) is 1.83. The number of benzene rings is 1. The van der Waals surface area contributed by atoms with Crippen LogP contribution in [0.5, 0.6) is 0 Å². The molecule has 0 fully saturated rings. The number of rotatable bonds is 6. The number of hydrogen-bond donors (Lipinski definition) is 2. The van der Waals surface area contributed by atoms with E-state index in [-0.39, 0.29) is 5.25 Å². The normalized spacial score (nSPS) is 13.6. The fraction of sp³-hybridized carbons (Fsp3) is 0.462. The lowest BCUT2D eigenvalue weighted by Crippen LogP contribution is -2.22. The minimum absolute atomic E-state index is 0.0327. The van der Waals surface area contributed by atoms with Gasteiger partial charge in [-0.15, -0.1) is 0 Å². The van der Waals surface area contributed by atoms with Gasteiger partial charge in [0.05, 0.1) is 23.5 Å². The lowest BCUT2D eigenvalue weighted by atomic mass is 10.1. The van der Waals surface area contributed by atoms with E-state index >= 15 is 0 Å². The summed E-state index contributed by atoms with van der Waals surface area (Å²) in [5.41, 5.74) is 7.28. The van der Waals surface area contributed by atoms with Crippen LogP contribution in [0.3, 0.4) is 0 Å². The Bertz CT molecular complexity index is 477. The van der Waals surface area contributed by atoms with E-state index in [0.29, 0.717) is 30.1 Å². The zero-order valence-electron chi connectivity index (χ0n) is 11.4. The number of nitrogens with two attached hydrogens (primary N) is 1. The lowest BCUT2D eigenvalue weighted by molar-refractivity contribution is 0.0527. The smallest absolute Gasteiger partial charge is 0.340 e. The Morgan fingerprint density at radius 1 is 1.53 bits per heavy atom. The van der Waals surface area contributed by atoms with Crippen molar-refractivity contribution in [3.8, 4) is 0 Å². The number of anilines is 2. The topological polar surface area (TPSA) is 81.4 Å². The number of nitrogen functional groups attached to an aromatic ring is 1. The molecule has 0 saturated heterocycles. The van der Waals surface area contributed by atoms with Gasteiger partial charge in [0.25, 0.3) is 0 Å². The van der Waals surface area contributed by atoms with Crippen molar-refractivity contribution in [2.45, 2.75) is 19.1 Å². The molecule has 0 aliphatic carbocycles. The Hall–Kier alpha value is -1.56. The number of ether oxygens (including phenoxy) is 1. The van der Waals surface area contributed by atoms with Gasteiger partial charge in [-0.05, 0) is 26.0 Å². The molecular weight excluding hydrogens is 264 g/mol. The molecule has 0 aromatic heterocycles. The SMILES string of the molecule is CCOC(=O)c1cccc(N)c1NCC(C)S(C)=O. The number of nitrogens with one attached hydrogen (secondary N) is 1. The van der Waals surface area contributed by atoms with Crippen molar-refractivity contribution in [1.82, 2.24) is 0 Å². The van der Waals surface area contributed by atoms with Crippen LogP contribution in [-0.2, 0) is 15.5 Å². The molecule has 2 unspecified atom stereocenters. The number of esters is 1. The van der Waals surface area contributed by atoms with Crippen LogP contribution in [-0.4, -0.2) is 34.8 Å². The van der Waals surface area contributed by atoms with Crippen LogP contribution in [0.4, 0.5) is 11.4 Å². The third kappa shape index (κ3) is 4.24. The predicted molar refractivity (Wildman–Crippen MR) is 78.8 cm³/mol. The summed E-state index contributed by atoms with van der Waals surface area (Å²) in [6.07, 6.45) is 1.65. The lowest BCUT2D eigenvalue weighted by Gasteiger charge is -2.16. The highest BCUT2D eigenvalue weighted by Crippen LogP contribution is 2.24. The number of para-hydroxylation sites is 1. The van der Waals surface area contributed by atoms with Gasteiger partial charge in [-0.1, -0.05) is 6.07 Å². The Morgan fingerprint density at radius 2 is 2.21 bits per heavy atom. The van der Waals surface area contributed by atoms with Crippen molar-refractivity contribution in [2.24, 2.45) is 0 Å². The van der Waals surface area contributed by atoms with Gasteiger partial charge < -0.3 is 15.8 Å². The molecule has 2 atom stereocenters. The van der Waals surface area contributed by atoms with Gasteiger partial charge in [0, 0.05) is 28.9 Å². The average Bonchev–Trinajstić information content (AvgIpc) is 2.36. The third-order valence-corrected chi connectivity index (χ3v) is 4.02. The standard InChI is InChI=1S/C13H20N2O3S/c1-4-18-13(16)10-6-5-7-11(14)12(10)15-8-9(2)19(3)17/h5-7,9,15H,4,8,14H2,1-3H3. The van der Waals surface area contributed by atoms with E-state index in [9.17, 15) is 9.00 Å². The van der Waals surface area contributed by atoms with E-state index in [1.54, 1.807) is 31.4 Å². The second-order valence-corrected chi connectivity index (χ2v) is 5.98. The highest BCUT2D eigenvalue weighted by molar-refractivity contribution is 7.84. The first-order chi connectivity index (χ1) is 8.97. The molecule has 5 nitrogen and oxygen atoms in total. The summed E-state index contributed by atoms with van der Waals surface area (Å²) < 4.78 is 16.3. The van der Waals surface area contributed by atoms with Gasteiger partial charge in [0.15, 0.2) is 0 Å². The molecule has 0 radical (unpaired) electrons. The van der Waals surface area contributed by atoms with E-state index in [4.69, 9.17) is 10.5 Å². The first-order valence-electron chi connectivity index (χ1n) is 6.09. The molecule has 0 aliphatic rings. The maximum Gasteiger partial charge on any atom is 0.340 e. The Morgan fingerprint density at radius 3 is 2.79 bits per heavy atom. The quantitative estimate of drug-likeness (QED) is 0.613. The van der Waals surface area contributed by atoms with Crippen molar-refractivity contribution in [2.75, 3.05) is 30.5 Å². The molecule has 106 valence electrons. The second-order valence-electron chi connectivity index (χ2n) is 4.18. The van der Waals surface area contributed by atoms with Crippen LogP contribution in [0.2, 0.25) is 0 Å². The molecule has 1 rings (SSSR count). The van der Waals surface area contributed by atoms with Crippen molar-refractivity contribution in [1.29, 1.82) is 0 Å². The fourth-order valence-electron chi connectivity index (χ4n) is 1.51. The molecule has 0 heterocycles. The predicted octanol–water partition coefficient (Wildman–Crippen LogP) is 1.62. The molecule has 3 N–H and O–H groups in total. The average molecular weight is 284 g/mol. The maximum atomic E-state index is 11.8. The summed E-state index contributed by atoms with van der Waals surface area (Å²) in [6, 6.07) is 5.07. The largest absolute Gasteiger partial charge is 0.462 e. The van der Waals surface area contributed by atoms with Crippen molar-refractivity contribution in [3.05, 3.63) is 23.8 Å². The molecule has 1 aromatic rings. The van der Waals surface area contributed by atoms with E-state index in [1.165, 1.54) is 0 Å². The molecule has 0 amide bonds. The second kappa shape index (κ2) is 7.13. The van der Waals surface area contributed by atoms with Crippen LogP contribution < -0.4 is 11.1 Å². The Labute approximate surface area is 116 Å². The molecule has 0 spiro atoms. The highest BCUT2D eigenvalue weighted by atomic mass is 32.2. The Kier molecular flexibility index (Phi) is 5.82. The summed E-state index contributed by atoms with van der Waals surface area (Å²) in [4.78, 5) is 11.8. The van der Waals surface area contributed by atoms with Crippen LogP contribution in [0, 0.1) is 0 Å². The van der Waals surface area contributed by atoms with E-state index in [0.717, 1.165) is 0 Å². The number of carbonyl (C=O) groups is 1. The Balaban J connectivity index is 2.92. The molecule has 6 heteroatoms. The third-order valence-electron chi connectivity index (χ3n) is 2.72. The molecule has 0 bridgehead atoms. The maximum absolute atomic E-state index is 11.8. The summed E-state index contributed by atoms with van der Waals surface area (Å²) >= 11 is 0. The summed E-state index contributed by atoms with van der Waals surface area (Å²) in [5, 5.41) is 3.05. The van der Waals surface area contributed by atoms with Crippen molar-refractivity contribution < 1.29 is 13.7 Å². The van der Waals surface area contributed by atoms with Crippen molar-refractivity contribution >= 4 is 28.1 Å². The number of hydrogen-bond acceptors (Lipinski definition) is 5. The minimum Gasteiger partial charge on any atom is -0.462 e. The monoisotopic (exact) mass is 284 g/mol. The van der Waals surface area contributed by atoms with Gasteiger partial charge in [-0.3, -0.25) is 4.21 Å². The van der Waals surface area contributed by atoms with Gasteiger partial charge in [0.1, 0.15) is 0 Å². The molecule has 0 saturated carbocycles. The van der Waals surface area contributed by atoms with E-state index in [2.05, 4.69) is 5.32 Å². The zero-order valence-corrected chi connectivity index (χ0v) is 12.3. The summed E-state index contributed by atoms with van der Waals surface area (Å²) in [6.45, 7) is 4.40. The molecule has 19 heavy (non-hydrogen) atoms. The van der Waals surface area contributed by atoms with Crippen LogP contribution in [0.25, 0.3) is 0 Å². The molecular formula is C13H20N2O3S. The van der Waals surface area contributed by atoms with Crippen LogP contribution in [0.1, 0.15) is 24.2 Å². The summed E-state index contributed by atoms with van der Waals surface area (Å²) in [7, 11) is -0.931. The van der Waals surface area contributed by atoms with E-state index in [1.807, 2.05) is 6.92 Å². The van der Waals surface area contributed by atoms with Gasteiger partial charge in [-0.2, -0.15) is 0 Å². The van der Waals surface area contributed by atoms with Gasteiger partial charge >= 0.3 is 5.97 Å². The van der Waals surface area contributed by atoms with E-state index < -0.39 is 16.8 Å². The number of carbonyl (C=O) groups excluding carboxylic acids is 1. The first kappa shape index (κ1) is 15.5. The van der Waals surface area contributed by atoms with Gasteiger partial charge in [0.2, 0.25) is 0 Å². The first-order valence-corrected chi connectivity index (χ1v) is 7.71. The van der Waals surface area contributed by atoms with Crippen LogP contribution in [0.15, 0.2) is 18.2 Å².